The van der Waals surface area contributed by atoms with E-state index in [1.807, 2.05) is 0 Å². The molecule has 0 aliphatic heterocycles. The number of rotatable bonds is 4. The van der Waals surface area contributed by atoms with Crippen LogP contribution in [0.3, 0.4) is 0 Å². The third kappa shape index (κ3) is 3.14. The number of halogens is 3. The van der Waals surface area contributed by atoms with Gasteiger partial charge in [0.1, 0.15) is 0 Å². The Hall–Kier alpha value is -1.51. The van der Waals surface area contributed by atoms with Gasteiger partial charge in [-0.05, 0) is 6.42 Å². The van der Waals surface area contributed by atoms with Crippen molar-refractivity contribution in [3.05, 3.63) is 29.5 Å². The van der Waals surface area contributed by atoms with Gasteiger partial charge in [-0.1, -0.05) is 31.6 Å². The van der Waals surface area contributed by atoms with E-state index in [0.717, 1.165) is 6.08 Å². The number of sulfone groups is 1. The van der Waals surface area contributed by atoms with Gasteiger partial charge in [0.2, 0.25) is 0 Å². The van der Waals surface area contributed by atoms with Gasteiger partial charge in [-0.25, -0.2) is 8.42 Å². The molecule has 0 amide bonds. The van der Waals surface area contributed by atoms with Crippen LogP contribution in [0.2, 0.25) is 0 Å². The summed E-state index contributed by atoms with van der Waals surface area (Å²) in [5.74, 6) is -1.34. The van der Waals surface area contributed by atoms with Crippen LogP contribution in [0.15, 0.2) is 24.3 Å². The molecule has 0 fully saturated rings. The van der Waals surface area contributed by atoms with E-state index in [1.54, 1.807) is 0 Å². The molecule has 1 N–H and O–H groups in total. The van der Waals surface area contributed by atoms with E-state index in [2.05, 4.69) is 0 Å². The number of allylic oxidation sites excluding steroid dienone is 4. The molecule has 0 aromatic heterocycles. The van der Waals surface area contributed by atoms with Crippen LogP contribution < -0.4 is 0 Å². The van der Waals surface area contributed by atoms with Crippen molar-refractivity contribution in [2.45, 2.75) is 30.5 Å². The second-order valence-electron chi connectivity index (χ2n) is 4.29. The third-order valence-electron chi connectivity index (χ3n) is 2.95. The van der Waals surface area contributed by atoms with Crippen molar-refractivity contribution in [1.29, 1.82) is 0 Å². The SMILES string of the molecule is CCCC(C1C=CC=C/C1=[N+](/[O-])O)S(=O)(=O)C(F)(F)F. The number of hydrogen-bond donors (Lipinski definition) is 1. The maximum Gasteiger partial charge on any atom is 0.497 e. The van der Waals surface area contributed by atoms with Gasteiger partial charge in [0.25, 0.3) is 15.5 Å². The molecule has 0 saturated carbocycles. The monoisotopic (exact) mass is 313 g/mol. The van der Waals surface area contributed by atoms with Crippen molar-refractivity contribution >= 4 is 15.5 Å². The lowest BCUT2D eigenvalue weighted by Gasteiger charge is -2.24. The Bertz CT molecular complexity index is 545. The van der Waals surface area contributed by atoms with Crippen LogP contribution in [0.1, 0.15) is 19.8 Å². The summed E-state index contributed by atoms with van der Waals surface area (Å²) in [6.07, 6.45) is 4.84. The van der Waals surface area contributed by atoms with E-state index in [4.69, 9.17) is 5.21 Å². The van der Waals surface area contributed by atoms with Crippen LogP contribution >= 0.6 is 0 Å². The fourth-order valence-corrected chi connectivity index (χ4v) is 3.54. The van der Waals surface area contributed by atoms with Gasteiger partial charge in [-0.15, -0.1) is 0 Å². The molecule has 5 nitrogen and oxygen atoms in total. The van der Waals surface area contributed by atoms with Gasteiger partial charge in [-0.2, -0.15) is 13.2 Å². The molecule has 0 aromatic rings. The fourth-order valence-electron chi connectivity index (χ4n) is 2.04. The van der Waals surface area contributed by atoms with Gasteiger partial charge in [0.15, 0.2) is 0 Å². The van der Waals surface area contributed by atoms with E-state index in [9.17, 15) is 26.8 Å². The van der Waals surface area contributed by atoms with Crippen LogP contribution in [0, 0.1) is 11.1 Å². The summed E-state index contributed by atoms with van der Waals surface area (Å²) in [5, 5.41) is 18.0. The third-order valence-corrected chi connectivity index (χ3v) is 4.93. The second-order valence-corrected chi connectivity index (χ2v) is 6.44. The summed E-state index contributed by atoms with van der Waals surface area (Å²) in [4.78, 5) is -0.598. The zero-order valence-corrected chi connectivity index (χ0v) is 11.4. The van der Waals surface area contributed by atoms with Gasteiger partial charge in [0, 0.05) is 11.0 Å². The van der Waals surface area contributed by atoms with Gasteiger partial charge in [0.05, 0.1) is 11.2 Å². The van der Waals surface area contributed by atoms with Crippen molar-refractivity contribution in [1.82, 2.24) is 0 Å². The molecule has 0 aromatic carbocycles. The lowest BCUT2D eigenvalue weighted by atomic mass is 9.92. The summed E-state index contributed by atoms with van der Waals surface area (Å²) in [6.45, 7) is 1.54. The first-order valence-electron chi connectivity index (χ1n) is 5.81. The van der Waals surface area contributed by atoms with E-state index in [1.165, 1.54) is 25.2 Å². The molecular weight excluding hydrogens is 299 g/mol. The minimum atomic E-state index is -5.45. The topological polar surface area (TPSA) is 80.4 Å². The van der Waals surface area contributed by atoms with Crippen molar-refractivity contribution in [3.63, 3.8) is 0 Å². The Labute approximate surface area is 114 Å². The summed E-state index contributed by atoms with van der Waals surface area (Å²) in [5.41, 5.74) is -5.84. The molecule has 2 unspecified atom stereocenters. The van der Waals surface area contributed by atoms with Crippen molar-refractivity contribution in [3.8, 4) is 0 Å². The van der Waals surface area contributed by atoms with Gasteiger partial charge in [-0.3, -0.25) is 5.21 Å². The van der Waals surface area contributed by atoms with Gasteiger partial charge >= 0.3 is 5.51 Å². The average Bonchev–Trinajstić information content (AvgIpc) is 2.34. The molecule has 0 heterocycles. The fraction of sp³-hybridized carbons (Fsp3) is 0.545. The largest absolute Gasteiger partial charge is 0.497 e. The van der Waals surface area contributed by atoms with Crippen LogP contribution in [-0.2, 0) is 9.84 Å². The van der Waals surface area contributed by atoms with E-state index < -0.39 is 37.1 Å². The first-order chi connectivity index (χ1) is 9.13. The highest BCUT2D eigenvalue weighted by Crippen LogP contribution is 2.34. The average molecular weight is 313 g/mol. The van der Waals surface area contributed by atoms with Crippen molar-refractivity contribution < 1.29 is 31.7 Å². The smallest absolute Gasteiger partial charge is 0.417 e. The van der Waals surface area contributed by atoms with E-state index in [-0.39, 0.29) is 12.8 Å². The molecule has 1 rings (SSSR count). The second kappa shape index (κ2) is 5.86. The highest BCUT2D eigenvalue weighted by molar-refractivity contribution is 7.92. The van der Waals surface area contributed by atoms with Gasteiger partial charge < -0.3 is 5.21 Å². The standard InChI is InChI=1S/C11H14F3NO4S/c1-2-5-10(20(18,19)11(12,13)14)8-6-3-4-7-9(8)15(16)17/h3-4,6-8,10H,2,5H2,1H3,(H,16,17). The van der Waals surface area contributed by atoms with Crippen molar-refractivity contribution in [2.75, 3.05) is 0 Å². The molecule has 0 radical (unpaired) electrons. The predicted molar refractivity (Wildman–Crippen MR) is 65.9 cm³/mol. The molecule has 9 heteroatoms. The molecule has 0 spiro atoms. The maximum absolute atomic E-state index is 12.7. The first-order valence-corrected chi connectivity index (χ1v) is 7.35. The molecular formula is C11H14F3NO4S. The van der Waals surface area contributed by atoms with E-state index >= 15 is 0 Å². The number of alkyl halides is 3. The number of hydrogen-bond acceptors (Lipinski definition) is 4. The molecule has 0 saturated heterocycles. The Morgan fingerprint density at radius 3 is 2.50 bits per heavy atom. The zero-order chi connectivity index (χ0) is 15.6. The Morgan fingerprint density at radius 1 is 1.45 bits per heavy atom. The highest BCUT2D eigenvalue weighted by Gasteiger charge is 2.54. The first kappa shape index (κ1) is 16.5. The molecule has 0 bridgehead atoms. The predicted octanol–water partition coefficient (Wildman–Crippen LogP) is 2.17. The molecule has 1 aliphatic rings. The molecule has 2 atom stereocenters. The van der Waals surface area contributed by atoms with Crippen LogP contribution in [0.5, 0.6) is 0 Å². The molecule has 114 valence electrons. The molecule has 1 aliphatic carbocycles. The minimum Gasteiger partial charge on any atom is -0.417 e. The summed E-state index contributed by atoms with van der Waals surface area (Å²) in [6, 6.07) is 0. The summed E-state index contributed by atoms with van der Waals surface area (Å²) in [7, 11) is -5.45. The summed E-state index contributed by atoms with van der Waals surface area (Å²) >= 11 is 0. The van der Waals surface area contributed by atoms with Crippen LogP contribution in [-0.4, -0.2) is 35.0 Å². The zero-order valence-electron chi connectivity index (χ0n) is 10.5. The van der Waals surface area contributed by atoms with Crippen molar-refractivity contribution in [2.24, 2.45) is 5.92 Å². The van der Waals surface area contributed by atoms with E-state index in [0.29, 0.717) is 0 Å². The lowest BCUT2D eigenvalue weighted by Crippen LogP contribution is -2.42. The Balaban J connectivity index is 3.32. The molecule has 20 heavy (non-hydrogen) atoms. The summed E-state index contributed by atoms with van der Waals surface area (Å²) < 4.78 is 61.3. The van der Waals surface area contributed by atoms with Crippen LogP contribution in [0.25, 0.3) is 0 Å². The lowest BCUT2D eigenvalue weighted by molar-refractivity contribution is -0.726. The maximum atomic E-state index is 12.7. The number of nitrogens with zero attached hydrogens (tertiary/aromatic N) is 1. The Morgan fingerprint density at radius 2 is 2.05 bits per heavy atom. The normalized spacial score (nSPS) is 23.7. The quantitative estimate of drug-likeness (QED) is 0.490. The highest BCUT2D eigenvalue weighted by atomic mass is 32.2. The van der Waals surface area contributed by atoms with Crippen LogP contribution in [0.4, 0.5) is 13.2 Å². The Kier molecular flexibility index (Phi) is 4.85. The minimum absolute atomic E-state index is 0.186.